The van der Waals surface area contributed by atoms with Gasteiger partial charge in [-0.1, -0.05) is 146 Å². The van der Waals surface area contributed by atoms with E-state index in [0.29, 0.717) is 0 Å². The number of benzene rings is 3. The highest BCUT2D eigenvalue weighted by Gasteiger charge is 2.52. The third-order valence-corrected chi connectivity index (χ3v) is 22.8. The fourth-order valence-corrected chi connectivity index (χ4v) is 17.7. The maximum absolute atomic E-state index is 12.1. The van der Waals surface area contributed by atoms with Gasteiger partial charge in [-0.15, -0.1) is 45.3 Å². The van der Waals surface area contributed by atoms with Crippen LogP contribution in [0.5, 0.6) is 0 Å². The Balaban J connectivity index is 1.18. The highest BCUT2D eigenvalue weighted by atomic mass is 32.1. The van der Waals surface area contributed by atoms with E-state index in [2.05, 4.69) is 147 Å². The van der Waals surface area contributed by atoms with Gasteiger partial charge in [0.15, 0.2) is 0 Å². The third kappa shape index (κ3) is 11.0. The summed E-state index contributed by atoms with van der Waals surface area (Å²) in [6.45, 7) is 24.2. The zero-order valence-electron chi connectivity index (χ0n) is 49.0. The monoisotopic (exact) mass is 1120 g/mol. The second-order valence-corrected chi connectivity index (χ2v) is 29.2. The predicted molar refractivity (Wildman–Crippen MR) is 343 cm³/mol. The Kier molecular flexibility index (Phi) is 17.2. The number of carboxylic acid groups (broad SMARTS) is 1. The molecule has 0 fully saturated rings. The van der Waals surface area contributed by atoms with Gasteiger partial charge in [-0.05, 0) is 191 Å². The number of aliphatic carboxylic acids is 1. The molecule has 7 heterocycles. The van der Waals surface area contributed by atoms with Crippen molar-refractivity contribution in [1.29, 1.82) is 5.26 Å². The first-order valence-electron chi connectivity index (χ1n) is 30.2. The number of aryl methyl sites for hydroxylation is 4. The maximum Gasteiger partial charge on any atom is 0.346 e. The molecule has 0 atom stereocenters. The summed E-state index contributed by atoms with van der Waals surface area (Å²) in [6.07, 6.45) is 25.3. The molecule has 79 heavy (non-hydrogen) atoms. The second-order valence-electron chi connectivity index (χ2n) is 24.7. The summed E-state index contributed by atoms with van der Waals surface area (Å²) in [6, 6.07) is 31.7. The SMILES string of the molecule is CCCCCCc1ccc(-c2cc3c4c(c2)C(C)(C)c2cc(-c5sc(-c6sc(/C=C(\C#N)C(=O)O)cc6CCCCCC)cc5CCCCCC)cc5c2N4c2c(cc(-c4ccc(CCCCCC)s4)cc2C5(C)C)C3(C)C)s1. The molecular weight excluding hydrogens is 1040 g/mol. The molecule has 3 aromatic carbocycles. The molecule has 0 amide bonds. The van der Waals surface area contributed by atoms with Crippen molar-refractivity contribution in [3.8, 4) is 47.1 Å². The molecule has 0 radical (unpaired) electrons. The summed E-state index contributed by atoms with van der Waals surface area (Å²) >= 11 is 7.56. The Hall–Kier alpha value is -5.04. The van der Waals surface area contributed by atoms with E-state index in [1.165, 1.54) is 196 Å². The summed E-state index contributed by atoms with van der Waals surface area (Å²) in [7, 11) is 0. The van der Waals surface area contributed by atoms with Crippen LogP contribution in [-0.4, -0.2) is 11.1 Å². The number of nitrogens with zero attached hydrogens (tertiary/aromatic N) is 2. The fraction of sp³-hybridized carbons (Fsp3) is 0.465. The molecule has 7 aromatic rings. The van der Waals surface area contributed by atoms with E-state index < -0.39 is 5.97 Å². The number of hydrogen-bond donors (Lipinski definition) is 1. The predicted octanol–water partition coefficient (Wildman–Crippen LogP) is 22.5. The van der Waals surface area contributed by atoms with Crippen molar-refractivity contribution in [2.75, 3.05) is 4.90 Å². The van der Waals surface area contributed by atoms with Crippen LogP contribution in [0.1, 0.15) is 231 Å². The quantitative estimate of drug-likeness (QED) is 0.0333. The van der Waals surface area contributed by atoms with Gasteiger partial charge in [0.2, 0.25) is 0 Å². The molecular formula is C71H84N2O2S4. The molecule has 0 aliphatic carbocycles. The highest BCUT2D eigenvalue weighted by molar-refractivity contribution is 7.24. The van der Waals surface area contributed by atoms with Crippen LogP contribution in [-0.2, 0) is 46.7 Å². The second kappa shape index (κ2) is 23.8. The molecule has 8 heteroatoms. The summed E-state index contributed by atoms with van der Waals surface area (Å²) in [5.41, 5.74) is 18.0. The Labute approximate surface area is 489 Å². The van der Waals surface area contributed by atoms with Gasteiger partial charge in [0.1, 0.15) is 11.6 Å². The molecule has 0 saturated heterocycles. The first-order valence-corrected chi connectivity index (χ1v) is 33.5. The Morgan fingerprint density at radius 1 is 0.481 bits per heavy atom. The van der Waals surface area contributed by atoms with Crippen LogP contribution >= 0.6 is 45.3 Å². The number of thiophene rings is 4. The van der Waals surface area contributed by atoms with Crippen molar-refractivity contribution in [2.24, 2.45) is 0 Å². The lowest BCUT2D eigenvalue weighted by Gasteiger charge is -2.55. The van der Waals surface area contributed by atoms with E-state index in [9.17, 15) is 15.2 Å². The van der Waals surface area contributed by atoms with Crippen LogP contribution in [0.25, 0.3) is 47.2 Å². The van der Waals surface area contributed by atoms with Crippen molar-refractivity contribution in [3.63, 3.8) is 0 Å². The van der Waals surface area contributed by atoms with Crippen LogP contribution in [0.15, 0.2) is 78.4 Å². The largest absolute Gasteiger partial charge is 0.477 e. The fourth-order valence-electron chi connectivity index (χ4n) is 13.1. The van der Waals surface area contributed by atoms with Gasteiger partial charge in [-0.25, -0.2) is 4.79 Å². The molecule has 0 bridgehead atoms. The molecule has 3 aliphatic heterocycles. The van der Waals surface area contributed by atoms with Gasteiger partial charge in [-0.3, -0.25) is 0 Å². The summed E-state index contributed by atoms with van der Waals surface area (Å²) < 4.78 is 0. The average Bonchev–Trinajstić information content (AvgIpc) is 2.15. The number of carbonyl (C=O) groups is 1. The van der Waals surface area contributed by atoms with Gasteiger partial charge < -0.3 is 10.0 Å². The van der Waals surface area contributed by atoms with Gasteiger partial charge in [-0.2, -0.15) is 5.26 Å². The maximum atomic E-state index is 12.1. The molecule has 0 saturated carbocycles. The zero-order valence-corrected chi connectivity index (χ0v) is 52.3. The number of carboxylic acids is 1. The van der Waals surface area contributed by atoms with Crippen LogP contribution in [0.3, 0.4) is 0 Å². The highest BCUT2D eigenvalue weighted by Crippen LogP contribution is 2.68. The molecule has 0 spiro atoms. The molecule has 0 unspecified atom stereocenters. The van der Waals surface area contributed by atoms with Crippen molar-refractivity contribution >= 4 is 74.5 Å². The normalized spacial score (nSPS) is 15.2. The molecule has 414 valence electrons. The third-order valence-electron chi connectivity index (χ3n) is 17.8. The Morgan fingerprint density at radius 3 is 1.27 bits per heavy atom. The molecule has 1 N–H and O–H groups in total. The Morgan fingerprint density at radius 2 is 0.873 bits per heavy atom. The van der Waals surface area contributed by atoms with E-state index in [4.69, 9.17) is 0 Å². The number of nitriles is 1. The van der Waals surface area contributed by atoms with E-state index in [0.717, 1.165) is 49.8 Å². The van der Waals surface area contributed by atoms with E-state index in [-0.39, 0.29) is 21.8 Å². The number of anilines is 3. The van der Waals surface area contributed by atoms with Crippen LogP contribution < -0.4 is 4.90 Å². The number of hydrogen-bond acceptors (Lipinski definition) is 7. The topological polar surface area (TPSA) is 64.3 Å². The Bertz CT molecular complexity index is 3300. The molecule has 10 rings (SSSR count). The standard InChI is InChI=1S/C71H84N2O2S4/c1-11-15-19-23-27-45-35-53(36-50(44-72)68(74)75)78-67(45)62-43-46(28-24-20-16-12-2)66(79-62)49-41-58-65-59(42-49)71(9,10)57-40-48(61-34-32-52(77-61)30-26-22-18-14-4)38-55-64(57)73(65)63-54(69(55,5)6)37-47(39-56(63)70(58,7)8)60-33-31-51(76-60)29-25-21-17-13-3/h31-43H,11-30H2,1-10H3,(H,74,75)/b50-36+. The van der Waals surface area contributed by atoms with Gasteiger partial charge in [0.05, 0.1) is 17.1 Å². The van der Waals surface area contributed by atoms with Crippen LogP contribution in [0.2, 0.25) is 0 Å². The number of rotatable bonds is 26. The lowest BCUT2D eigenvalue weighted by molar-refractivity contribution is -0.132. The van der Waals surface area contributed by atoms with Gasteiger partial charge in [0, 0.05) is 55.3 Å². The van der Waals surface area contributed by atoms with Crippen LogP contribution in [0, 0.1) is 11.3 Å². The summed E-state index contributed by atoms with van der Waals surface area (Å²) in [4.78, 5) is 25.2. The minimum atomic E-state index is -1.18. The molecule has 3 aliphatic rings. The lowest BCUT2D eigenvalue weighted by Crippen LogP contribution is -2.43. The van der Waals surface area contributed by atoms with E-state index >= 15 is 0 Å². The average molecular weight is 1130 g/mol. The van der Waals surface area contributed by atoms with Crippen molar-refractivity contribution < 1.29 is 9.90 Å². The van der Waals surface area contributed by atoms with E-state index in [1.807, 2.05) is 40.1 Å². The van der Waals surface area contributed by atoms with Gasteiger partial charge >= 0.3 is 5.97 Å². The van der Waals surface area contributed by atoms with Gasteiger partial charge in [0.25, 0.3) is 0 Å². The summed E-state index contributed by atoms with van der Waals surface area (Å²) in [5.74, 6) is -1.18. The minimum Gasteiger partial charge on any atom is -0.477 e. The van der Waals surface area contributed by atoms with Crippen molar-refractivity contribution in [3.05, 3.63) is 138 Å². The smallest absolute Gasteiger partial charge is 0.346 e. The number of unbranched alkanes of at least 4 members (excludes halogenated alkanes) is 12. The zero-order chi connectivity index (χ0) is 55.8. The minimum absolute atomic E-state index is 0.225. The van der Waals surface area contributed by atoms with Crippen molar-refractivity contribution in [1.82, 2.24) is 0 Å². The first kappa shape index (κ1) is 57.2. The van der Waals surface area contributed by atoms with E-state index in [1.54, 1.807) is 17.4 Å². The molecule has 4 nitrogen and oxygen atoms in total. The molecule has 4 aromatic heterocycles. The van der Waals surface area contributed by atoms with Crippen molar-refractivity contribution in [2.45, 2.75) is 214 Å². The summed E-state index contributed by atoms with van der Waals surface area (Å²) in [5, 5.41) is 19.7. The lowest BCUT2D eigenvalue weighted by atomic mass is 9.60. The van der Waals surface area contributed by atoms with Crippen LogP contribution in [0.4, 0.5) is 17.1 Å². The first-order chi connectivity index (χ1) is 38.0.